The summed E-state index contributed by atoms with van der Waals surface area (Å²) in [6, 6.07) is 9.85. The van der Waals surface area contributed by atoms with Crippen molar-refractivity contribution in [2.75, 3.05) is 19.8 Å². The van der Waals surface area contributed by atoms with Gasteiger partial charge in [-0.2, -0.15) is 0 Å². The van der Waals surface area contributed by atoms with Crippen LogP contribution < -0.4 is 20.5 Å². The summed E-state index contributed by atoms with van der Waals surface area (Å²) in [5, 5.41) is 2.99. The van der Waals surface area contributed by atoms with Crippen LogP contribution in [-0.2, 0) is 9.53 Å². The Labute approximate surface area is 171 Å². The van der Waals surface area contributed by atoms with Gasteiger partial charge in [0.2, 0.25) is 0 Å². The normalized spacial score (nSPS) is 13.3. The fraction of sp³-hybridized carbons (Fsp3) is 0.250. The van der Waals surface area contributed by atoms with Gasteiger partial charge in [-0.15, -0.1) is 0 Å². The number of nitrogens with two attached hydrogens (primary N) is 1. The number of benzene rings is 2. The van der Waals surface area contributed by atoms with Gasteiger partial charge in [-0.25, -0.2) is 4.79 Å². The summed E-state index contributed by atoms with van der Waals surface area (Å²) in [6.07, 6.45) is -0.195. The highest BCUT2D eigenvalue weighted by molar-refractivity contribution is 6.30. The van der Waals surface area contributed by atoms with E-state index >= 15 is 0 Å². The number of Topliss-reactive ketones (excluding diaryl/α,β-unsaturated/α-hetero) is 1. The average Bonchev–Trinajstić information content (AvgIpc) is 2.71. The molecule has 8 nitrogen and oxygen atoms in total. The van der Waals surface area contributed by atoms with Crippen LogP contribution in [0.25, 0.3) is 0 Å². The summed E-state index contributed by atoms with van der Waals surface area (Å²) in [5.41, 5.74) is 6.15. The first kappa shape index (κ1) is 20.5. The van der Waals surface area contributed by atoms with Gasteiger partial charge in [0, 0.05) is 10.6 Å². The number of primary amides is 1. The van der Waals surface area contributed by atoms with Gasteiger partial charge in [0.1, 0.15) is 13.2 Å². The Bertz CT molecular complexity index is 916. The Morgan fingerprint density at radius 1 is 1.07 bits per heavy atom. The molecule has 0 unspecified atom stereocenters. The summed E-state index contributed by atoms with van der Waals surface area (Å²) in [5.74, 6) is -0.0131. The first-order chi connectivity index (χ1) is 13.9. The minimum absolute atomic E-state index is 0.195. The largest absolute Gasteiger partial charge is 0.486 e. The van der Waals surface area contributed by atoms with Gasteiger partial charge in [-0.3, -0.25) is 9.59 Å². The molecule has 29 heavy (non-hydrogen) atoms. The van der Waals surface area contributed by atoms with E-state index in [9.17, 15) is 14.4 Å². The highest BCUT2D eigenvalue weighted by Crippen LogP contribution is 2.30. The van der Waals surface area contributed by atoms with Crippen molar-refractivity contribution in [1.82, 2.24) is 5.32 Å². The monoisotopic (exact) mass is 418 g/mol. The lowest BCUT2D eigenvalue weighted by Gasteiger charge is -2.19. The van der Waals surface area contributed by atoms with Crippen LogP contribution in [0.4, 0.5) is 4.79 Å². The number of halogens is 1. The third kappa shape index (κ3) is 5.61. The Balaban J connectivity index is 1.59. The Kier molecular flexibility index (Phi) is 6.56. The lowest BCUT2D eigenvalue weighted by atomic mass is 10.0. The zero-order valence-electron chi connectivity index (χ0n) is 15.4. The number of rotatable bonds is 7. The summed E-state index contributed by atoms with van der Waals surface area (Å²) in [4.78, 5) is 35.8. The smallest absolute Gasteiger partial charge is 0.312 e. The third-order valence-electron chi connectivity index (χ3n) is 4.19. The summed E-state index contributed by atoms with van der Waals surface area (Å²) in [7, 11) is 0. The molecular weight excluding hydrogens is 400 g/mol. The number of fused-ring (bicyclic) bond motifs is 1. The van der Waals surface area contributed by atoms with Crippen molar-refractivity contribution in [3.8, 4) is 11.5 Å². The fourth-order valence-corrected chi connectivity index (χ4v) is 2.92. The SMILES string of the molecule is NC(=O)N[C@H](CC(=O)OCC(=O)c1ccc2c(c1)OCCO2)c1ccc(Cl)cc1. The van der Waals surface area contributed by atoms with Gasteiger partial charge < -0.3 is 25.3 Å². The van der Waals surface area contributed by atoms with Crippen molar-refractivity contribution in [2.24, 2.45) is 5.73 Å². The number of amides is 2. The van der Waals surface area contributed by atoms with E-state index < -0.39 is 24.6 Å². The standard InChI is InChI=1S/C20H19ClN2O6/c21-14-4-1-12(2-5-14)15(23-20(22)26)10-19(25)29-11-16(24)13-3-6-17-18(9-13)28-8-7-27-17/h1-6,9,15H,7-8,10-11H2,(H3,22,23,26)/t15-/m1/s1. The van der Waals surface area contributed by atoms with Gasteiger partial charge in [-0.1, -0.05) is 23.7 Å². The van der Waals surface area contributed by atoms with Crippen LogP contribution in [-0.4, -0.2) is 37.6 Å². The van der Waals surface area contributed by atoms with E-state index in [4.69, 9.17) is 31.5 Å². The number of esters is 1. The molecule has 3 rings (SSSR count). The van der Waals surface area contributed by atoms with Crippen LogP contribution in [0.3, 0.4) is 0 Å². The maximum absolute atomic E-state index is 12.3. The van der Waals surface area contributed by atoms with Crippen molar-refractivity contribution in [1.29, 1.82) is 0 Å². The molecule has 2 aromatic carbocycles. The molecule has 3 N–H and O–H groups in total. The number of ether oxygens (including phenoxy) is 3. The topological polar surface area (TPSA) is 117 Å². The van der Waals surface area contributed by atoms with Crippen molar-refractivity contribution in [3.05, 3.63) is 58.6 Å². The van der Waals surface area contributed by atoms with Gasteiger partial charge in [0.05, 0.1) is 12.5 Å². The molecule has 2 aromatic rings. The fourth-order valence-electron chi connectivity index (χ4n) is 2.79. The van der Waals surface area contributed by atoms with Crippen LogP contribution in [0.1, 0.15) is 28.4 Å². The zero-order chi connectivity index (χ0) is 20.8. The molecule has 1 aliphatic heterocycles. The van der Waals surface area contributed by atoms with E-state index in [1.165, 1.54) is 0 Å². The number of nitrogens with one attached hydrogen (secondary N) is 1. The van der Waals surface area contributed by atoms with Gasteiger partial charge in [-0.05, 0) is 35.9 Å². The molecule has 0 aliphatic carbocycles. The number of hydrogen-bond donors (Lipinski definition) is 2. The molecule has 152 valence electrons. The first-order valence-electron chi connectivity index (χ1n) is 8.82. The average molecular weight is 419 g/mol. The molecule has 1 atom stereocenters. The van der Waals surface area contributed by atoms with E-state index in [0.717, 1.165) is 0 Å². The first-order valence-corrected chi connectivity index (χ1v) is 9.20. The summed E-state index contributed by atoms with van der Waals surface area (Å²) in [6.45, 7) is 0.410. The number of carbonyl (C=O) groups is 3. The van der Waals surface area contributed by atoms with E-state index in [-0.39, 0.29) is 12.2 Å². The molecule has 2 amide bonds. The van der Waals surface area contributed by atoms with Crippen LogP contribution in [0.2, 0.25) is 5.02 Å². The summed E-state index contributed by atoms with van der Waals surface area (Å²) >= 11 is 5.86. The molecule has 0 saturated carbocycles. The van der Waals surface area contributed by atoms with Crippen LogP contribution in [0.15, 0.2) is 42.5 Å². The van der Waals surface area contributed by atoms with E-state index in [2.05, 4.69) is 5.32 Å². The quantitative estimate of drug-likeness (QED) is 0.527. The van der Waals surface area contributed by atoms with Crippen molar-refractivity contribution in [3.63, 3.8) is 0 Å². The predicted molar refractivity (Wildman–Crippen MR) is 104 cm³/mol. The van der Waals surface area contributed by atoms with E-state index in [1.54, 1.807) is 42.5 Å². The van der Waals surface area contributed by atoms with Gasteiger partial charge in [0.25, 0.3) is 0 Å². The Morgan fingerprint density at radius 2 is 1.76 bits per heavy atom. The number of hydrogen-bond acceptors (Lipinski definition) is 6. The van der Waals surface area contributed by atoms with Crippen LogP contribution in [0.5, 0.6) is 11.5 Å². The second-order valence-corrected chi connectivity index (χ2v) is 6.70. The van der Waals surface area contributed by atoms with Gasteiger partial charge >= 0.3 is 12.0 Å². The van der Waals surface area contributed by atoms with Crippen LogP contribution in [0, 0.1) is 0 Å². The third-order valence-corrected chi connectivity index (χ3v) is 4.44. The molecule has 0 spiro atoms. The second-order valence-electron chi connectivity index (χ2n) is 6.26. The molecule has 0 radical (unpaired) electrons. The maximum Gasteiger partial charge on any atom is 0.312 e. The van der Waals surface area contributed by atoms with Crippen molar-refractivity contribution >= 4 is 29.4 Å². The second kappa shape index (κ2) is 9.29. The van der Waals surface area contributed by atoms with Gasteiger partial charge in [0.15, 0.2) is 23.9 Å². The minimum atomic E-state index is -0.787. The van der Waals surface area contributed by atoms with Crippen LogP contribution >= 0.6 is 11.6 Å². The molecule has 0 aromatic heterocycles. The highest BCUT2D eigenvalue weighted by atomic mass is 35.5. The van der Waals surface area contributed by atoms with E-state index in [0.29, 0.717) is 40.9 Å². The Morgan fingerprint density at radius 3 is 2.45 bits per heavy atom. The molecular formula is C20H19ClN2O6. The lowest BCUT2D eigenvalue weighted by molar-refractivity contribution is -0.143. The van der Waals surface area contributed by atoms with Crippen molar-refractivity contribution in [2.45, 2.75) is 12.5 Å². The summed E-state index contributed by atoms with van der Waals surface area (Å²) < 4.78 is 15.9. The van der Waals surface area contributed by atoms with E-state index in [1.807, 2.05) is 0 Å². The molecule has 1 aliphatic rings. The lowest BCUT2D eigenvalue weighted by Crippen LogP contribution is -2.34. The predicted octanol–water partition coefficient (Wildman–Crippen LogP) is 2.64. The Hall–Kier alpha value is -3.26. The number of urea groups is 1. The molecule has 0 fully saturated rings. The zero-order valence-corrected chi connectivity index (χ0v) is 16.1. The molecule has 1 heterocycles. The highest BCUT2D eigenvalue weighted by Gasteiger charge is 2.20. The molecule has 0 bridgehead atoms. The molecule has 0 saturated heterocycles. The maximum atomic E-state index is 12.3. The number of ketones is 1. The minimum Gasteiger partial charge on any atom is -0.486 e. The van der Waals surface area contributed by atoms with Crippen molar-refractivity contribution < 1.29 is 28.6 Å². The number of carbonyl (C=O) groups excluding carboxylic acids is 3. The molecule has 9 heteroatoms.